The molecule has 21 heavy (non-hydrogen) atoms. The first-order valence-corrected chi connectivity index (χ1v) is 6.45. The Labute approximate surface area is 121 Å². The number of carbonyl (C=O) groups excluding carboxylic acids is 1. The third-order valence-electron chi connectivity index (χ3n) is 3.01. The predicted molar refractivity (Wildman–Crippen MR) is 77.3 cm³/mol. The average molecular weight is 291 g/mol. The number of benzene rings is 2. The summed E-state index contributed by atoms with van der Waals surface area (Å²) in [6.45, 7) is -0.992. The van der Waals surface area contributed by atoms with Gasteiger partial charge in [-0.2, -0.15) is 8.78 Å². The van der Waals surface area contributed by atoms with Crippen molar-refractivity contribution < 1.29 is 18.3 Å². The molecule has 0 aliphatic carbocycles. The van der Waals surface area contributed by atoms with Gasteiger partial charge in [0.25, 0.3) is 0 Å². The lowest BCUT2D eigenvalue weighted by Crippen LogP contribution is -2.01. The second kappa shape index (κ2) is 6.83. The molecule has 0 fully saturated rings. The molecule has 0 bridgehead atoms. The van der Waals surface area contributed by atoms with Crippen molar-refractivity contribution in [2.75, 3.05) is 5.32 Å². The van der Waals surface area contributed by atoms with Gasteiger partial charge in [0.2, 0.25) is 0 Å². The molecule has 0 amide bonds. The van der Waals surface area contributed by atoms with E-state index >= 15 is 0 Å². The number of hydrogen-bond donors (Lipinski definition) is 1. The van der Waals surface area contributed by atoms with E-state index in [0.29, 0.717) is 0 Å². The molecule has 0 saturated heterocycles. The molecule has 0 aliphatic rings. The predicted octanol–water partition coefficient (Wildman–Crippen LogP) is 4.33. The summed E-state index contributed by atoms with van der Waals surface area (Å²) in [5.74, 6) is -0.0180. The molecule has 0 aliphatic heterocycles. The van der Waals surface area contributed by atoms with E-state index in [0.717, 1.165) is 23.2 Å². The van der Waals surface area contributed by atoms with Crippen molar-refractivity contribution >= 4 is 17.7 Å². The van der Waals surface area contributed by atoms with Crippen LogP contribution in [0.15, 0.2) is 48.5 Å². The van der Waals surface area contributed by atoms with Crippen molar-refractivity contribution in [1.82, 2.24) is 0 Å². The fourth-order valence-electron chi connectivity index (χ4n) is 1.83. The summed E-state index contributed by atoms with van der Waals surface area (Å²) in [6.07, 6.45) is 0.893. The molecule has 0 aromatic heterocycles. The Morgan fingerprint density at radius 2 is 1.52 bits per heavy atom. The lowest BCUT2D eigenvalue weighted by molar-refractivity contribution is -0.108. The Morgan fingerprint density at radius 3 is 2.00 bits per heavy atom. The van der Waals surface area contributed by atoms with E-state index in [4.69, 9.17) is 0 Å². The highest BCUT2D eigenvalue weighted by Gasteiger charge is 2.05. The molecule has 3 nitrogen and oxygen atoms in total. The van der Waals surface area contributed by atoms with Crippen LogP contribution in [-0.4, -0.2) is 12.9 Å². The van der Waals surface area contributed by atoms with Crippen molar-refractivity contribution in [1.29, 1.82) is 0 Å². The Balaban J connectivity index is 2.02. The van der Waals surface area contributed by atoms with Gasteiger partial charge in [-0.1, -0.05) is 19.1 Å². The van der Waals surface area contributed by atoms with E-state index in [1.54, 1.807) is 12.1 Å². The molecule has 2 aromatic carbocycles. The third-order valence-corrected chi connectivity index (χ3v) is 3.01. The molecule has 110 valence electrons. The zero-order valence-corrected chi connectivity index (χ0v) is 11.4. The summed E-state index contributed by atoms with van der Waals surface area (Å²) in [5.41, 5.74) is 2.54. The highest BCUT2D eigenvalue weighted by molar-refractivity contribution is 5.64. The fraction of sp³-hybridized carbons (Fsp3) is 0.188. The lowest BCUT2D eigenvalue weighted by atomic mass is 10.0. The maximum Gasteiger partial charge on any atom is 0.387 e. The van der Waals surface area contributed by atoms with Crippen molar-refractivity contribution in [2.24, 2.45) is 0 Å². The van der Waals surface area contributed by atoms with Crippen LogP contribution in [0, 0.1) is 0 Å². The number of alkyl halides is 2. The minimum absolute atomic E-state index is 0.116. The first kappa shape index (κ1) is 15.0. The normalized spacial score (nSPS) is 12.0. The Kier molecular flexibility index (Phi) is 4.87. The second-order valence-corrected chi connectivity index (χ2v) is 4.57. The molecular formula is C16H15F2NO2. The molecule has 0 heterocycles. The van der Waals surface area contributed by atoms with E-state index in [-0.39, 0.29) is 11.7 Å². The second-order valence-electron chi connectivity index (χ2n) is 4.57. The van der Waals surface area contributed by atoms with Gasteiger partial charge in [-0.05, 0) is 42.0 Å². The zero-order chi connectivity index (χ0) is 15.2. The van der Waals surface area contributed by atoms with Gasteiger partial charge in [0.1, 0.15) is 12.0 Å². The zero-order valence-electron chi connectivity index (χ0n) is 11.4. The van der Waals surface area contributed by atoms with Crippen LogP contribution in [0.2, 0.25) is 0 Å². The summed E-state index contributed by atoms with van der Waals surface area (Å²) >= 11 is 0. The van der Waals surface area contributed by atoms with Crippen LogP contribution in [-0.2, 0) is 4.79 Å². The van der Waals surface area contributed by atoms with Crippen LogP contribution >= 0.6 is 0 Å². The molecule has 0 radical (unpaired) electrons. The molecule has 1 N–H and O–H groups in total. The van der Waals surface area contributed by atoms with E-state index in [1.807, 2.05) is 31.2 Å². The summed E-state index contributed by atoms with van der Waals surface area (Å²) in [4.78, 5) is 10.7. The number of hydrogen-bond acceptors (Lipinski definition) is 3. The van der Waals surface area contributed by atoms with Crippen molar-refractivity contribution in [2.45, 2.75) is 19.5 Å². The van der Waals surface area contributed by atoms with Crippen LogP contribution in [0.4, 0.5) is 20.2 Å². The Hall–Kier alpha value is -2.43. The SMILES string of the molecule is CC(C=O)c1ccc(Nc2ccc(OC(F)F)cc2)cc1. The smallest absolute Gasteiger partial charge is 0.387 e. The first-order chi connectivity index (χ1) is 10.1. The standard InChI is InChI=1S/C16H15F2NO2/c1-11(10-20)12-2-4-13(5-3-12)19-14-6-8-15(9-7-14)21-16(17)18/h2-11,16,19H,1H3. The lowest BCUT2D eigenvalue weighted by Gasteiger charge is -2.10. The maximum atomic E-state index is 12.0. The minimum Gasteiger partial charge on any atom is -0.435 e. The van der Waals surface area contributed by atoms with E-state index in [9.17, 15) is 13.6 Å². The van der Waals surface area contributed by atoms with Gasteiger partial charge in [0.15, 0.2) is 0 Å². The number of nitrogens with one attached hydrogen (secondary N) is 1. The molecular weight excluding hydrogens is 276 g/mol. The van der Waals surface area contributed by atoms with Crippen LogP contribution in [0.5, 0.6) is 5.75 Å². The summed E-state index contributed by atoms with van der Waals surface area (Å²) in [7, 11) is 0. The Bertz CT molecular complexity index is 582. The minimum atomic E-state index is -2.82. The van der Waals surface area contributed by atoms with Gasteiger partial charge < -0.3 is 14.8 Å². The number of ether oxygens (including phenoxy) is 1. The third kappa shape index (κ3) is 4.27. The van der Waals surface area contributed by atoms with Crippen molar-refractivity contribution in [3.63, 3.8) is 0 Å². The number of anilines is 2. The molecule has 1 atom stereocenters. The summed E-state index contributed by atoms with van der Waals surface area (Å²) in [5, 5.41) is 3.14. The average Bonchev–Trinajstić information content (AvgIpc) is 2.49. The molecule has 2 rings (SSSR count). The van der Waals surface area contributed by atoms with Crippen LogP contribution in [0.25, 0.3) is 0 Å². The van der Waals surface area contributed by atoms with Gasteiger partial charge in [-0.15, -0.1) is 0 Å². The van der Waals surface area contributed by atoms with E-state index in [2.05, 4.69) is 10.1 Å². The number of carbonyl (C=O) groups is 1. The molecule has 5 heteroatoms. The largest absolute Gasteiger partial charge is 0.435 e. The van der Waals surface area contributed by atoms with E-state index < -0.39 is 6.61 Å². The van der Waals surface area contributed by atoms with Gasteiger partial charge in [0, 0.05) is 17.3 Å². The molecule has 2 aromatic rings. The van der Waals surface area contributed by atoms with Gasteiger partial charge in [-0.3, -0.25) is 0 Å². The number of aldehydes is 1. The monoisotopic (exact) mass is 291 g/mol. The molecule has 0 saturated carbocycles. The maximum absolute atomic E-state index is 12.0. The van der Waals surface area contributed by atoms with Crippen LogP contribution in [0.1, 0.15) is 18.4 Å². The van der Waals surface area contributed by atoms with Gasteiger partial charge >= 0.3 is 6.61 Å². The topological polar surface area (TPSA) is 38.3 Å². The van der Waals surface area contributed by atoms with Crippen molar-refractivity contribution in [3.05, 3.63) is 54.1 Å². The summed E-state index contributed by atoms with van der Waals surface area (Å²) in [6, 6.07) is 13.7. The van der Waals surface area contributed by atoms with Crippen LogP contribution < -0.4 is 10.1 Å². The molecule has 0 spiro atoms. The quantitative estimate of drug-likeness (QED) is 0.805. The highest BCUT2D eigenvalue weighted by Crippen LogP contribution is 2.22. The Morgan fingerprint density at radius 1 is 1.00 bits per heavy atom. The van der Waals surface area contributed by atoms with Crippen LogP contribution in [0.3, 0.4) is 0 Å². The molecule has 1 unspecified atom stereocenters. The van der Waals surface area contributed by atoms with Crippen molar-refractivity contribution in [3.8, 4) is 5.75 Å². The summed E-state index contributed by atoms with van der Waals surface area (Å²) < 4.78 is 28.4. The number of halogens is 2. The van der Waals surface area contributed by atoms with E-state index in [1.165, 1.54) is 12.1 Å². The fourth-order valence-corrected chi connectivity index (χ4v) is 1.83. The van der Waals surface area contributed by atoms with Gasteiger partial charge in [-0.25, -0.2) is 0 Å². The first-order valence-electron chi connectivity index (χ1n) is 6.45. The number of rotatable bonds is 6. The highest BCUT2D eigenvalue weighted by atomic mass is 19.3. The van der Waals surface area contributed by atoms with Gasteiger partial charge in [0.05, 0.1) is 0 Å².